The van der Waals surface area contributed by atoms with E-state index in [0.717, 1.165) is 38.5 Å². The SMILES string of the molecule is Cc1ccc(C(CCC(C)(C)C)N2C(=O)C(c3cc(Cl)cc(Cl)c3)=NC23CCC(C(C)(C)C)CC3)cc1. The lowest BCUT2D eigenvalue weighted by Crippen LogP contribution is -2.51. The zero-order chi connectivity index (χ0) is 27.2. The average molecular weight is 542 g/mol. The Morgan fingerprint density at radius 2 is 1.54 bits per heavy atom. The summed E-state index contributed by atoms with van der Waals surface area (Å²) in [5.41, 5.74) is 3.46. The van der Waals surface area contributed by atoms with E-state index in [1.165, 1.54) is 11.1 Å². The van der Waals surface area contributed by atoms with Crippen molar-refractivity contribution < 1.29 is 4.79 Å². The second-order valence-electron chi connectivity index (χ2n) is 13.4. The van der Waals surface area contributed by atoms with E-state index in [4.69, 9.17) is 28.2 Å². The number of aliphatic imine (C=N–C) groups is 1. The van der Waals surface area contributed by atoms with Crippen LogP contribution in [-0.4, -0.2) is 22.2 Å². The molecular weight excluding hydrogens is 499 g/mol. The average Bonchev–Trinajstić information content (AvgIpc) is 3.05. The first-order chi connectivity index (χ1) is 17.2. The van der Waals surface area contributed by atoms with Crippen molar-refractivity contribution in [3.63, 3.8) is 0 Å². The van der Waals surface area contributed by atoms with Gasteiger partial charge in [0.25, 0.3) is 5.91 Å². The molecule has 1 heterocycles. The van der Waals surface area contributed by atoms with Crippen molar-refractivity contribution in [1.82, 2.24) is 4.90 Å². The lowest BCUT2D eigenvalue weighted by molar-refractivity contribution is -0.134. The van der Waals surface area contributed by atoms with E-state index < -0.39 is 5.66 Å². The third-order valence-corrected chi connectivity index (χ3v) is 8.71. The molecule has 2 aromatic carbocycles. The first-order valence-electron chi connectivity index (χ1n) is 13.7. The van der Waals surface area contributed by atoms with E-state index in [9.17, 15) is 4.79 Å². The maximum absolute atomic E-state index is 14.4. The summed E-state index contributed by atoms with van der Waals surface area (Å²) in [6, 6.07) is 14.0. The van der Waals surface area contributed by atoms with Crippen molar-refractivity contribution in [2.45, 2.75) is 98.7 Å². The number of nitrogens with zero attached hydrogens (tertiary/aromatic N) is 2. The summed E-state index contributed by atoms with van der Waals surface area (Å²) in [6.45, 7) is 15.9. The van der Waals surface area contributed by atoms with Gasteiger partial charge in [0, 0.05) is 15.6 Å². The predicted octanol–water partition coefficient (Wildman–Crippen LogP) is 9.43. The van der Waals surface area contributed by atoms with Gasteiger partial charge in [0.2, 0.25) is 0 Å². The van der Waals surface area contributed by atoms with Crippen LogP contribution in [0.2, 0.25) is 10.0 Å². The molecule has 0 saturated heterocycles. The maximum atomic E-state index is 14.4. The first kappa shape index (κ1) is 28.2. The largest absolute Gasteiger partial charge is 0.305 e. The lowest BCUT2D eigenvalue weighted by atomic mass is 9.69. The number of rotatable bonds is 5. The highest BCUT2D eigenvalue weighted by atomic mass is 35.5. The Labute approximate surface area is 233 Å². The fourth-order valence-electron chi connectivity index (χ4n) is 6.03. The minimum absolute atomic E-state index is 0.00738. The Hall–Kier alpha value is -1.84. The van der Waals surface area contributed by atoms with Crippen LogP contribution in [-0.2, 0) is 4.79 Å². The van der Waals surface area contributed by atoms with Gasteiger partial charge >= 0.3 is 0 Å². The van der Waals surface area contributed by atoms with E-state index in [2.05, 4.69) is 77.6 Å². The molecule has 1 atom stereocenters. The Morgan fingerprint density at radius 3 is 2.05 bits per heavy atom. The molecule has 0 aromatic heterocycles. The van der Waals surface area contributed by atoms with E-state index in [1.54, 1.807) is 6.07 Å². The summed E-state index contributed by atoms with van der Waals surface area (Å²) in [5, 5.41) is 1.04. The Bertz CT molecular complexity index is 1140. The highest BCUT2D eigenvalue weighted by Crippen LogP contribution is 2.50. The molecule has 1 amide bonds. The minimum atomic E-state index is -0.545. The Kier molecular flexibility index (Phi) is 7.90. The van der Waals surface area contributed by atoms with Crippen LogP contribution < -0.4 is 0 Å². The number of carbonyl (C=O) groups is 1. The number of benzene rings is 2. The van der Waals surface area contributed by atoms with Crippen LogP contribution in [0.5, 0.6) is 0 Å². The van der Waals surface area contributed by atoms with Gasteiger partial charge in [-0.05, 0) is 86.0 Å². The van der Waals surface area contributed by atoms with Crippen molar-refractivity contribution >= 4 is 34.8 Å². The standard InChI is InChI=1S/C32H42Cl2N2O/c1-21-8-10-22(11-9-21)27(14-15-30(2,3)4)36-29(37)28(23-18-25(33)20-26(34)19-23)35-32(36)16-12-24(13-17-32)31(5,6)7/h8-11,18-20,24,27H,12-17H2,1-7H3. The molecule has 0 radical (unpaired) electrons. The van der Waals surface area contributed by atoms with Crippen LogP contribution in [0.3, 0.4) is 0 Å². The molecule has 0 N–H and O–H groups in total. The van der Waals surface area contributed by atoms with Crippen LogP contribution in [0, 0.1) is 23.7 Å². The van der Waals surface area contributed by atoms with Crippen molar-refractivity contribution in [3.05, 3.63) is 69.2 Å². The van der Waals surface area contributed by atoms with Gasteiger partial charge in [0.15, 0.2) is 0 Å². The minimum Gasteiger partial charge on any atom is -0.305 e. The molecule has 3 nitrogen and oxygen atoms in total. The molecule has 5 heteroatoms. The third-order valence-electron chi connectivity index (χ3n) is 8.28. The van der Waals surface area contributed by atoms with Gasteiger partial charge in [0.1, 0.15) is 11.4 Å². The van der Waals surface area contributed by atoms with Crippen LogP contribution in [0.1, 0.15) is 103 Å². The summed E-state index contributed by atoms with van der Waals surface area (Å²) in [6.07, 6.45) is 5.75. The predicted molar refractivity (Wildman–Crippen MR) is 157 cm³/mol. The highest BCUT2D eigenvalue weighted by molar-refractivity contribution is 6.47. The van der Waals surface area contributed by atoms with E-state index in [1.807, 2.05) is 12.1 Å². The van der Waals surface area contributed by atoms with Crippen molar-refractivity contribution in [2.24, 2.45) is 21.7 Å². The molecule has 1 aliphatic heterocycles. The number of carbonyl (C=O) groups excluding carboxylic acids is 1. The molecule has 200 valence electrons. The van der Waals surface area contributed by atoms with E-state index in [0.29, 0.717) is 27.2 Å². The zero-order valence-corrected chi connectivity index (χ0v) is 25.0. The molecule has 1 spiro atoms. The molecule has 2 aromatic rings. The molecule has 1 aliphatic carbocycles. The number of halogens is 2. The van der Waals surface area contributed by atoms with Crippen LogP contribution >= 0.6 is 23.2 Å². The fourth-order valence-corrected chi connectivity index (χ4v) is 6.55. The van der Waals surface area contributed by atoms with E-state index >= 15 is 0 Å². The Morgan fingerprint density at radius 1 is 0.973 bits per heavy atom. The molecule has 2 aliphatic rings. The van der Waals surface area contributed by atoms with Crippen molar-refractivity contribution in [1.29, 1.82) is 0 Å². The maximum Gasteiger partial charge on any atom is 0.275 e. The van der Waals surface area contributed by atoms with Crippen molar-refractivity contribution in [2.75, 3.05) is 0 Å². The quantitative estimate of drug-likeness (QED) is 0.371. The third kappa shape index (κ3) is 6.25. The topological polar surface area (TPSA) is 32.7 Å². The monoisotopic (exact) mass is 540 g/mol. The summed E-state index contributed by atoms with van der Waals surface area (Å²) in [7, 11) is 0. The zero-order valence-electron chi connectivity index (χ0n) is 23.5. The summed E-state index contributed by atoms with van der Waals surface area (Å²) < 4.78 is 0. The summed E-state index contributed by atoms with van der Waals surface area (Å²) in [5.74, 6) is 0.606. The molecule has 37 heavy (non-hydrogen) atoms. The smallest absolute Gasteiger partial charge is 0.275 e. The van der Waals surface area contributed by atoms with Gasteiger partial charge < -0.3 is 4.90 Å². The number of hydrogen-bond donors (Lipinski definition) is 0. The number of hydrogen-bond acceptors (Lipinski definition) is 2. The summed E-state index contributed by atoms with van der Waals surface area (Å²) in [4.78, 5) is 21.8. The second kappa shape index (κ2) is 10.4. The van der Waals surface area contributed by atoms with Gasteiger partial charge in [-0.3, -0.25) is 9.79 Å². The first-order valence-corrected chi connectivity index (χ1v) is 14.4. The van der Waals surface area contributed by atoms with Crippen LogP contribution in [0.4, 0.5) is 0 Å². The Balaban J connectivity index is 1.81. The van der Waals surface area contributed by atoms with E-state index in [-0.39, 0.29) is 22.8 Å². The normalized spacial score (nSPS) is 23.5. The van der Waals surface area contributed by atoms with Gasteiger partial charge in [0.05, 0.1) is 6.04 Å². The summed E-state index contributed by atoms with van der Waals surface area (Å²) >= 11 is 12.7. The number of amides is 1. The van der Waals surface area contributed by atoms with Crippen LogP contribution in [0.25, 0.3) is 0 Å². The van der Waals surface area contributed by atoms with Gasteiger partial charge in [-0.25, -0.2) is 0 Å². The molecular formula is C32H42Cl2N2O. The van der Waals surface area contributed by atoms with Gasteiger partial charge in [-0.2, -0.15) is 0 Å². The van der Waals surface area contributed by atoms with Crippen molar-refractivity contribution in [3.8, 4) is 0 Å². The molecule has 0 bridgehead atoms. The fraction of sp³-hybridized carbons (Fsp3) is 0.562. The molecule has 1 unspecified atom stereocenters. The van der Waals surface area contributed by atoms with Gasteiger partial charge in [-0.1, -0.05) is 94.6 Å². The highest BCUT2D eigenvalue weighted by Gasteiger charge is 2.52. The number of aryl methyl sites for hydroxylation is 1. The van der Waals surface area contributed by atoms with Crippen LogP contribution in [0.15, 0.2) is 47.5 Å². The second-order valence-corrected chi connectivity index (χ2v) is 14.3. The lowest BCUT2D eigenvalue weighted by Gasteiger charge is -2.47. The molecule has 4 rings (SSSR count). The molecule has 1 fully saturated rings. The van der Waals surface area contributed by atoms with Gasteiger partial charge in [-0.15, -0.1) is 0 Å². The molecule has 1 saturated carbocycles.